The lowest BCUT2D eigenvalue weighted by Crippen LogP contribution is -2.36. The third-order valence-corrected chi connectivity index (χ3v) is 2.17. The highest BCUT2D eigenvalue weighted by atomic mass is 16.7. The molecule has 0 amide bonds. The predicted molar refractivity (Wildman–Crippen MR) is 39.4 cm³/mol. The van der Waals surface area contributed by atoms with E-state index < -0.39 is 0 Å². The Bertz CT molecular complexity index is 191. The molecule has 0 aromatic rings. The molecule has 4 nitrogen and oxygen atoms in total. The number of esters is 1. The van der Waals surface area contributed by atoms with Crippen LogP contribution in [0.1, 0.15) is 19.8 Å². The van der Waals surface area contributed by atoms with Gasteiger partial charge in [0.25, 0.3) is 0 Å². The summed E-state index contributed by atoms with van der Waals surface area (Å²) in [6.07, 6.45) is 1.50. The molecule has 2 fully saturated rings. The number of ether oxygens (including phenoxy) is 3. The maximum atomic E-state index is 10.7. The van der Waals surface area contributed by atoms with Gasteiger partial charge < -0.3 is 14.2 Å². The van der Waals surface area contributed by atoms with Crippen LogP contribution < -0.4 is 0 Å². The van der Waals surface area contributed by atoms with Crippen LogP contribution in [-0.4, -0.2) is 31.1 Å². The van der Waals surface area contributed by atoms with E-state index in [2.05, 4.69) is 0 Å². The summed E-state index contributed by atoms with van der Waals surface area (Å²) >= 11 is 0. The highest BCUT2D eigenvalue weighted by Crippen LogP contribution is 2.28. The van der Waals surface area contributed by atoms with Crippen molar-refractivity contribution in [2.75, 3.05) is 6.61 Å². The number of hydrogen-bond donors (Lipinski definition) is 0. The molecule has 2 saturated heterocycles. The molecule has 0 aromatic heterocycles. The largest absolute Gasteiger partial charge is 0.457 e. The van der Waals surface area contributed by atoms with Crippen molar-refractivity contribution in [3.05, 3.63) is 0 Å². The predicted octanol–water partition coefficient (Wildman–Crippen LogP) is 0.453. The molecule has 0 aromatic carbocycles. The van der Waals surface area contributed by atoms with Crippen molar-refractivity contribution in [3.8, 4) is 0 Å². The van der Waals surface area contributed by atoms with Crippen LogP contribution in [0.25, 0.3) is 0 Å². The molecule has 0 radical (unpaired) electrons. The van der Waals surface area contributed by atoms with Gasteiger partial charge in [0.15, 0.2) is 12.4 Å². The van der Waals surface area contributed by atoms with E-state index in [9.17, 15) is 4.79 Å². The Balaban J connectivity index is 1.93. The fraction of sp³-hybridized carbons (Fsp3) is 0.875. The quantitative estimate of drug-likeness (QED) is 0.539. The zero-order valence-electron chi connectivity index (χ0n) is 6.99. The van der Waals surface area contributed by atoms with Crippen LogP contribution in [0.4, 0.5) is 0 Å². The van der Waals surface area contributed by atoms with Gasteiger partial charge in [0.1, 0.15) is 0 Å². The number of hydrogen-bond acceptors (Lipinski definition) is 4. The molecule has 12 heavy (non-hydrogen) atoms. The van der Waals surface area contributed by atoms with Crippen molar-refractivity contribution in [2.45, 2.75) is 38.3 Å². The van der Waals surface area contributed by atoms with E-state index in [-0.39, 0.29) is 24.5 Å². The first-order valence-electron chi connectivity index (χ1n) is 4.20. The molecule has 2 rings (SSSR count). The van der Waals surface area contributed by atoms with Gasteiger partial charge in [-0.15, -0.1) is 0 Å². The molecule has 1 unspecified atom stereocenters. The van der Waals surface area contributed by atoms with Gasteiger partial charge in [-0.3, -0.25) is 4.79 Å². The van der Waals surface area contributed by atoms with E-state index in [4.69, 9.17) is 14.2 Å². The summed E-state index contributed by atoms with van der Waals surface area (Å²) in [6, 6.07) is 0. The minimum Gasteiger partial charge on any atom is -0.457 e. The van der Waals surface area contributed by atoms with Crippen molar-refractivity contribution in [1.29, 1.82) is 0 Å². The molecule has 2 bridgehead atoms. The Kier molecular flexibility index (Phi) is 2.02. The fourth-order valence-electron chi connectivity index (χ4n) is 1.63. The van der Waals surface area contributed by atoms with Crippen molar-refractivity contribution >= 4 is 5.97 Å². The van der Waals surface area contributed by atoms with E-state index in [0.717, 1.165) is 12.8 Å². The average Bonchev–Trinajstić information content (AvgIpc) is 2.39. The Morgan fingerprint density at radius 1 is 1.50 bits per heavy atom. The normalized spacial score (nSPS) is 39.6. The van der Waals surface area contributed by atoms with Gasteiger partial charge in [-0.2, -0.15) is 0 Å². The molecular formula is C8H12O4. The van der Waals surface area contributed by atoms with Crippen molar-refractivity contribution in [3.63, 3.8) is 0 Å². The lowest BCUT2D eigenvalue weighted by molar-refractivity contribution is -0.186. The van der Waals surface area contributed by atoms with Gasteiger partial charge >= 0.3 is 5.97 Å². The third kappa shape index (κ3) is 1.44. The maximum Gasteiger partial charge on any atom is 0.303 e. The van der Waals surface area contributed by atoms with Gasteiger partial charge in [-0.05, 0) is 12.8 Å². The van der Waals surface area contributed by atoms with E-state index >= 15 is 0 Å². The summed E-state index contributed by atoms with van der Waals surface area (Å²) < 4.78 is 15.7. The van der Waals surface area contributed by atoms with Gasteiger partial charge in [0.2, 0.25) is 0 Å². The first kappa shape index (κ1) is 8.01. The second-order valence-corrected chi connectivity index (χ2v) is 3.19. The summed E-state index contributed by atoms with van der Waals surface area (Å²) in [5.41, 5.74) is 0. The van der Waals surface area contributed by atoms with E-state index in [0.29, 0.717) is 6.61 Å². The first-order valence-corrected chi connectivity index (χ1v) is 4.20. The number of carbonyl (C=O) groups is 1. The molecule has 0 spiro atoms. The second kappa shape index (κ2) is 3.03. The monoisotopic (exact) mass is 172 g/mol. The lowest BCUT2D eigenvalue weighted by Gasteiger charge is -2.26. The number of fused-ring (bicyclic) bond motifs is 2. The van der Waals surface area contributed by atoms with Gasteiger partial charge in [0, 0.05) is 6.92 Å². The highest BCUT2D eigenvalue weighted by molar-refractivity contribution is 5.66. The van der Waals surface area contributed by atoms with Gasteiger partial charge in [0.05, 0.1) is 12.7 Å². The Morgan fingerprint density at radius 2 is 2.33 bits per heavy atom. The van der Waals surface area contributed by atoms with Crippen molar-refractivity contribution in [2.24, 2.45) is 0 Å². The molecular weight excluding hydrogens is 160 g/mol. The van der Waals surface area contributed by atoms with Crippen LogP contribution in [0.2, 0.25) is 0 Å². The smallest absolute Gasteiger partial charge is 0.303 e. The van der Waals surface area contributed by atoms with E-state index in [1.807, 2.05) is 0 Å². The van der Waals surface area contributed by atoms with Crippen LogP contribution >= 0.6 is 0 Å². The van der Waals surface area contributed by atoms with Crippen LogP contribution in [0.5, 0.6) is 0 Å². The first-order chi connectivity index (χ1) is 5.75. The lowest BCUT2D eigenvalue weighted by atomic mass is 10.1. The topological polar surface area (TPSA) is 44.8 Å². The molecule has 4 heteroatoms. The van der Waals surface area contributed by atoms with Gasteiger partial charge in [-0.25, -0.2) is 0 Å². The maximum absolute atomic E-state index is 10.7. The Morgan fingerprint density at radius 3 is 3.08 bits per heavy atom. The van der Waals surface area contributed by atoms with Crippen LogP contribution in [0, 0.1) is 0 Å². The molecule has 2 aliphatic rings. The molecule has 0 saturated carbocycles. The van der Waals surface area contributed by atoms with Crippen LogP contribution in [0.3, 0.4) is 0 Å². The summed E-state index contributed by atoms with van der Waals surface area (Å²) in [5.74, 6) is -0.266. The van der Waals surface area contributed by atoms with Crippen molar-refractivity contribution < 1.29 is 19.0 Å². The zero-order valence-corrected chi connectivity index (χ0v) is 6.99. The second-order valence-electron chi connectivity index (χ2n) is 3.19. The minimum absolute atomic E-state index is 0.193. The Hall–Kier alpha value is -0.610. The van der Waals surface area contributed by atoms with Crippen molar-refractivity contribution in [1.82, 2.24) is 0 Å². The molecule has 2 heterocycles. The average molecular weight is 172 g/mol. The van der Waals surface area contributed by atoms with E-state index in [1.54, 1.807) is 0 Å². The summed E-state index contributed by atoms with van der Waals surface area (Å²) in [7, 11) is 0. The minimum atomic E-state index is -0.312. The standard InChI is InChI=1S/C8H12O4/c1-5(9)11-7-3-2-6-4-10-8(7)12-6/h6-8H,2-4H2,1H3/t6-,7?,8+/m0/s1. The zero-order chi connectivity index (χ0) is 8.55. The Labute approximate surface area is 70.8 Å². The molecule has 0 N–H and O–H groups in total. The van der Waals surface area contributed by atoms with Gasteiger partial charge in [-0.1, -0.05) is 0 Å². The molecule has 68 valence electrons. The molecule has 0 aliphatic carbocycles. The molecule has 2 aliphatic heterocycles. The SMILES string of the molecule is CC(=O)OC1CC[C@H]2CO[C@@H]1O2. The highest BCUT2D eigenvalue weighted by Gasteiger charge is 2.39. The van der Waals surface area contributed by atoms with Crippen LogP contribution in [0.15, 0.2) is 0 Å². The number of carbonyl (C=O) groups excluding carboxylic acids is 1. The third-order valence-electron chi connectivity index (χ3n) is 2.17. The molecule has 3 atom stereocenters. The summed E-state index contributed by atoms with van der Waals surface area (Å²) in [5, 5.41) is 0. The fourth-order valence-corrected chi connectivity index (χ4v) is 1.63. The summed E-state index contributed by atoms with van der Waals surface area (Å²) in [4.78, 5) is 10.7. The number of rotatable bonds is 1. The van der Waals surface area contributed by atoms with Crippen LogP contribution in [-0.2, 0) is 19.0 Å². The van der Waals surface area contributed by atoms with E-state index in [1.165, 1.54) is 6.92 Å². The summed E-state index contributed by atoms with van der Waals surface area (Å²) in [6.45, 7) is 2.05.